The number of amides is 1. The van der Waals surface area contributed by atoms with Gasteiger partial charge in [0.2, 0.25) is 5.91 Å². The molecule has 0 radical (unpaired) electrons. The van der Waals surface area contributed by atoms with Crippen molar-refractivity contribution in [2.24, 2.45) is 5.92 Å². The van der Waals surface area contributed by atoms with Crippen molar-refractivity contribution in [3.63, 3.8) is 0 Å². The molecule has 1 aliphatic heterocycles. The summed E-state index contributed by atoms with van der Waals surface area (Å²) in [6.07, 6.45) is 1.63. The van der Waals surface area contributed by atoms with Gasteiger partial charge >= 0.3 is 0 Å². The number of nitrogens with one attached hydrogen (secondary N) is 1. The van der Waals surface area contributed by atoms with Gasteiger partial charge in [-0.25, -0.2) is 0 Å². The van der Waals surface area contributed by atoms with Crippen LogP contribution in [0.25, 0.3) is 11.1 Å². The van der Waals surface area contributed by atoms with Gasteiger partial charge < -0.3 is 14.6 Å². The number of nitrogens with zero attached hydrogens (tertiary/aromatic N) is 2. The predicted molar refractivity (Wildman–Crippen MR) is 111 cm³/mol. The van der Waals surface area contributed by atoms with Crippen LogP contribution in [0.1, 0.15) is 35.1 Å². The van der Waals surface area contributed by atoms with E-state index in [2.05, 4.69) is 48.1 Å². The van der Waals surface area contributed by atoms with E-state index in [9.17, 15) is 4.79 Å². The van der Waals surface area contributed by atoms with E-state index in [1.54, 1.807) is 0 Å². The number of carbonyl (C=O) groups excluding carboxylic acids is 1. The summed E-state index contributed by atoms with van der Waals surface area (Å²) in [6.45, 7) is 8.50. The van der Waals surface area contributed by atoms with Crippen molar-refractivity contribution < 1.29 is 9.21 Å². The van der Waals surface area contributed by atoms with Crippen molar-refractivity contribution in [1.82, 2.24) is 10.3 Å². The van der Waals surface area contributed by atoms with Crippen molar-refractivity contribution in [3.8, 4) is 0 Å². The molecule has 4 rings (SSSR count). The van der Waals surface area contributed by atoms with Gasteiger partial charge in [0.1, 0.15) is 5.52 Å². The molecule has 1 aliphatic rings. The highest BCUT2D eigenvalue weighted by Crippen LogP contribution is 2.26. The lowest BCUT2D eigenvalue weighted by Crippen LogP contribution is -2.40. The molecule has 1 N–H and O–H groups in total. The second kappa shape index (κ2) is 7.66. The Bertz CT molecular complexity index is 944. The molecular formula is C23H27N3O2. The molecule has 1 aromatic heterocycles. The molecule has 0 aliphatic carbocycles. The van der Waals surface area contributed by atoms with Gasteiger partial charge in [-0.05, 0) is 62.4 Å². The lowest BCUT2D eigenvalue weighted by molar-refractivity contribution is -0.125. The number of para-hydroxylation sites is 2. The quantitative estimate of drug-likeness (QED) is 0.737. The van der Waals surface area contributed by atoms with Gasteiger partial charge in [-0.15, -0.1) is 0 Å². The largest absolute Gasteiger partial charge is 0.423 e. The maximum absolute atomic E-state index is 12.7. The van der Waals surface area contributed by atoms with Crippen molar-refractivity contribution in [2.75, 3.05) is 18.0 Å². The first-order valence-corrected chi connectivity index (χ1v) is 9.96. The molecule has 146 valence electrons. The summed E-state index contributed by atoms with van der Waals surface area (Å²) in [6, 6.07) is 12.8. The molecule has 2 aromatic carbocycles. The standard InChI is InChI=1S/C23H27N3O2/c1-15-12-16(2)19(17(3)13-15)14-24-22(27)18-8-10-26(11-9-18)23-25-20-6-4-5-7-21(20)28-23/h4-7,12-13,18H,8-11,14H2,1-3H3,(H,24,27). The van der Waals surface area contributed by atoms with Crippen LogP contribution in [0.3, 0.4) is 0 Å². The monoisotopic (exact) mass is 377 g/mol. The molecule has 5 nitrogen and oxygen atoms in total. The summed E-state index contributed by atoms with van der Waals surface area (Å²) in [5.41, 5.74) is 6.65. The van der Waals surface area contributed by atoms with E-state index in [4.69, 9.17) is 4.42 Å². The fraction of sp³-hybridized carbons (Fsp3) is 0.391. The Labute approximate surface area is 165 Å². The van der Waals surface area contributed by atoms with E-state index < -0.39 is 0 Å². The number of anilines is 1. The van der Waals surface area contributed by atoms with Gasteiger partial charge in [0.05, 0.1) is 0 Å². The zero-order valence-corrected chi connectivity index (χ0v) is 16.8. The molecule has 28 heavy (non-hydrogen) atoms. The van der Waals surface area contributed by atoms with E-state index in [0.717, 1.165) is 37.0 Å². The first kappa shape index (κ1) is 18.5. The number of hydrogen-bond acceptors (Lipinski definition) is 4. The summed E-state index contributed by atoms with van der Waals surface area (Å²) in [5.74, 6) is 0.197. The average Bonchev–Trinajstić information content (AvgIpc) is 3.11. The lowest BCUT2D eigenvalue weighted by atomic mass is 9.95. The van der Waals surface area contributed by atoms with Gasteiger partial charge in [0, 0.05) is 25.6 Å². The normalized spacial score (nSPS) is 15.2. The molecular weight excluding hydrogens is 350 g/mol. The fourth-order valence-electron chi connectivity index (χ4n) is 4.14. The van der Waals surface area contributed by atoms with Crippen LogP contribution in [0.2, 0.25) is 0 Å². The number of aromatic nitrogens is 1. The highest BCUT2D eigenvalue weighted by Gasteiger charge is 2.27. The molecule has 0 unspecified atom stereocenters. The summed E-state index contributed by atoms with van der Waals surface area (Å²) >= 11 is 0. The number of piperidine rings is 1. The van der Waals surface area contributed by atoms with E-state index in [1.165, 1.54) is 22.3 Å². The Balaban J connectivity index is 1.34. The van der Waals surface area contributed by atoms with Crippen molar-refractivity contribution >= 4 is 23.0 Å². The number of aryl methyl sites for hydroxylation is 3. The first-order chi connectivity index (χ1) is 13.5. The number of rotatable bonds is 4. The third kappa shape index (κ3) is 3.75. The van der Waals surface area contributed by atoms with Gasteiger partial charge in [-0.2, -0.15) is 4.98 Å². The maximum Gasteiger partial charge on any atom is 0.298 e. The molecule has 3 aromatic rings. The lowest BCUT2D eigenvalue weighted by Gasteiger charge is -2.30. The molecule has 2 heterocycles. The minimum Gasteiger partial charge on any atom is -0.423 e. The molecule has 1 saturated heterocycles. The van der Waals surface area contributed by atoms with Gasteiger partial charge in [-0.3, -0.25) is 4.79 Å². The summed E-state index contributed by atoms with van der Waals surface area (Å²) in [7, 11) is 0. The highest BCUT2D eigenvalue weighted by molar-refractivity contribution is 5.79. The van der Waals surface area contributed by atoms with Crippen molar-refractivity contribution in [2.45, 2.75) is 40.2 Å². The second-order valence-corrected chi connectivity index (χ2v) is 7.82. The number of carbonyl (C=O) groups is 1. The molecule has 1 amide bonds. The van der Waals surface area contributed by atoms with Crippen LogP contribution in [0.15, 0.2) is 40.8 Å². The summed E-state index contributed by atoms with van der Waals surface area (Å²) in [4.78, 5) is 19.4. The Kier molecular flexibility index (Phi) is 5.07. The number of fused-ring (bicyclic) bond motifs is 1. The van der Waals surface area contributed by atoms with Crippen LogP contribution < -0.4 is 10.2 Å². The van der Waals surface area contributed by atoms with E-state index >= 15 is 0 Å². The van der Waals surface area contributed by atoms with Crippen LogP contribution in [-0.4, -0.2) is 24.0 Å². The van der Waals surface area contributed by atoms with Crippen molar-refractivity contribution in [3.05, 3.63) is 58.7 Å². The minimum atomic E-state index is 0.0479. The third-order valence-corrected chi connectivity index (χ3v) is 5.70. The predicted octanol–water partition coefficient (Wildman–Crippen LogP) is 4.29. The molecule has 0 bridgehead atoms. The smallest absolute Gasteiger partial charge is 0.298 e. The van der Waals surface area contributed by atoms with Gasteiger partial charge in [-0.1, -0.05) is 29.8 Å². The Hall–Kier alpha value is -2.82. The molecule has 0 spiro atoms. The Morgan fingerprint density at radius 3 is 2.50 bits per heavy atom. The molecule has 0 saturated carbocycles. The summed E-state index contributed by atoms with van der Waals surface area (Å²) in [5, 5.41) is 3.15. The van der Waals surface area contributed by atoms with E-state index in [1.807, 2.05) is 24.3 Å². The number of benzene rings is 2. The summed E-state index contributed by atoms with van der Waals surface area (Å²) < 4.78 is 5.86. The van der Waals surface area contributed by atoms with Crippen LogP contribution in [0, 0.1) is 26.7 Å². The molecule has 5 heteroatoms. The van der Waals surface area contributed by atoms with Gasteiger partial charge in [0.15, 0.2) is 5.58 Å². The van der Waals surface area contributed by atoms with Crippen LogP contribution in [0.5, 0.6) is 0 Å². The molecule has 0 atom stereocenters. The van der Waals surface area contributed by atoms with Crippen LogP contribution >= 0.6 is 0 Å². The zero-order chi connectivity index (χ0) is 19.7. The maximum atomic E-state index is 12.7. The van der Waals surface area contributed by atoms with Crippen molar-refractivity contribution in [1.29, 1.82) is 0 Å². The minimum absolute atomic E-state index is 0.0479. The van der Waals surface area contributed by atoms with E-state index in [0.29, 0.717) is 12.6 Å². The third-order valence-electron chi connectivity index (χ3n) is 5.70. The Morgan fingerprint density at radius 1 is 1.14 bits per heavy atom. The highest BCUT2D eigenvalue weighted by atomic mass is 16.4. The van der Waals surface area contributed by atoms with E-state index in [-0.39, 0.29) is 11.8 Å². The number of hydrogen-bond donors (Lipinski definition) is 1. The zero-order valence-electron chi connectivity index (χ0n) is 16.8. The topological polar surface area (TPSA) is 58.4 Å². The fourth-order valence-corrected chi connectivity index (χ4v) is 4.14. The van der Waals surface area contributed by atoms with Crippen LogP contribution in [-0.2, 0) is 11.3 Å². The van der Waals surface area contributed by atoms with Crippen LogP contribution in [0.4, 0.5) is 6.01 Å². The second-order valence-electron chi connectivity index (χ2n) is 7.82. The number of oxazole rings is 1. The average molecular weight is 377 g/mol. The van der Waals surface area contributed by atoms with Gasteiger partial charge in [0.25, 0.3) is 6.01 Å². The Morgan fingerprint density at radius 2 is 1.82 bits per heavy atom. The molecule has 1 fully saturated rings. The SMILES string of the molecule is Cc1cc(C)c(CNC(=O)C2CCN(c3nc4ccccc4o3)CC2)c(C)c1. The first-order valence-electron chi connectivity index (χ1n) is 9.96.